The van der Waals surface area contributed by atoms with Crippen LogP contribution in [0.1, 0.15) is 18.4 Å². The van der Waals surface area contributed by atoms with E-state index >= 15 is 0 Å². The topological polar surface area (TPSA) is 113 Å². The number of H-pyrrole nitrogens is 1. The summed E-state index contributed by atoms with van der Waals surface area (Å²) in [5.74, 6) is 1.38. The van der Waals surface area contributed by atoms with E-state index < -0.39 is 4.92 Å². The molecule has 0 spiro atoms. The summed E-state index contributed by atoms with van der Waals surface area (Å²) in [6.45, 7) is 1.90. The normalized spacial score (nSPS) is 16.3. The van der Waals surface area contributed by atoms with Crippen molar-refractivity contribution >= 4 is 28.3 Å². The van der Waals surface area contributed by atoms with Crippen molar-refractivity contribution in [2.75, 3.05) is 31.6 Å². The molecule has 0 radical (unpaired) electrons. The number of fused-ring (bicyclic) bond motifs is 1. The number of rotatable bonds is 7. The summed E-state index contributed by atoms with van der Waals surface area (Å²) in [6.07, 6.45) is 5.66. The average Bonchev–Trinajstić information content (AvgIpc) is 3.21. The summed E-state index contributed by atoms with van der Waals surface area (Å²) < 4.78 is 5.25. The van der Waals surface area contributed by atoms with Crippen LogP contribution < -0.4 is 15.0 Å². The molecular weight excluding hydrogens is 398 g/mol. The number of carbonyl (C=O) groups is 1. The van der Waals surface area contributed by atoms with Gasteiger partial charge in [-0.05, 0) is 43.0 Å². The van der Waals surface area contributed by atoms with Crippen molar-refractivity contribution in [1.29, 1.82) is 0 Å². The first-order chi connectivity index (χ1) is 15.0. The number of benzene rings is 1. The summed E-state index contributed by atoms with van der Waals surface area (Å²) >= 11 is 0. The molecule has 9 heteroatoms. The van der Waals surface area contributed by atoms with E-state index in [1.807, 2.05) is 29.3 Å². The summed E-state index contributed by atoms with van der Waals surface area (Å²) in [5, 5.41) is 15.0. The third-order valence-electron chi connectivity index (χ3n) is 5.73. The number of hydrogen-bond acceptors (Lipinski definition) is 6. The molecule has 1 saturated heterocycles. The zero-order valence-electron chi connectivity index (χ0n) is 17.3. The molecule has 1 unspecified atom stereocenters. The molecule has 4 rings (SSSR count). The Labute approximate surface area is 179 Å². The molecule has 1 fully saturated rings. The monoisotopic (exact) mass is 423 g/mol. The van der Waals surface area contributed by atoms with Gasteiger partial charge in [0.25, 0.3) is 5.69 Å². The first-order valence-corrected chi connectivity index (χ1v) is 10.3. The minimum absolute atomic E-state index is 0.0353. The van der Waals surface area contributed by atoms with E-state index in [0.29, 0.717) is 18.9 Å². The molecule has 2 aromatic heterocycles. The maximum atomic E-state index is 12.7. The molecule has 2 N–H and O–H groups in total. The van der Waals surface area contributed by atoms with Gasteiger partial charge in [-0.25, -0.2) is 4.98 Å². The number of amides is 1. The highest BCUT2D eigenvalue weighted by molar-refractivity contribution is 5.84. The van der Waals surface area contributed by atoms with Gasteiger partial charge in [0.15, 0.2) is 0 Å². The standard InChI is InChI=1S/C22H25N5O4/c1-31-18-5-6-19-15(12-24-20(19)11-18)8-9-23-22(28)16-3-2-10-26(14-16)21-7-4-17(13-25-21)27(29)30/h4-7,11-13,16,24H,2-3,8-10,14H2,1H3,(H,23,28). The number of carbonyl (C=O) groups excluding carboxylic acids is 1. The van der Waals surface area contributed by atoms with Crippen LogP contribution in [0.2, 0.25) is 0 Å². The van der Waals surface area contributed by atoms with Crippen LogP contribution in [0.4, 0.5) is 11.5 Å². The minimum Gasteiger partial charge on any atom is -0.497 e. The highest BCUT2D eigenvalue weighted by atomic mass is 16.6. The lowest BCUT2D eigenvalue weighted by Gasteiger charge is -2.32. The van der Waals surface area contributed by atoms with E-state index in [0.717, 1.165) is 48.0 Å². The van der Waals surface area contributed by atoms with E-state index in [9.17, 15) is 14.9 Å². The summed E-state index contributed by atoms with van der Waals surface area (Å²) in [7, 11) is 1.64. The lowest BCUT2D eigenvalue weighted by atomic mass is 9.97. The fraction of sp³-hybridized carbons (Fsp3) is 0.364. The highest BCUT2D eigenvalue weighted by Crippen LogP contribution is 2.25. The van der Waals surface area contributed by atoms with Gasteiger partial charge in [-0.1, -0.05) is 0 Å². The zero-order chi connectivity index (χ0) is 21.8. The molecule has 3 aromatic rings. The quantitative estimate of drug-likeness (QED) is 0.446. The number of pyridine rings is 1. The molecule has 162 valence electrons. The van der Waals surface area contributed by atoms with Gasteiger partial charge in [0.2, 0.25) is 5.91 Å². The molecule has 1 aromatic carbocycles. The zero-order valence-corrected chi connectivity index (χ0v) is 17.3. The Balaban J connectivity index is 1.32. The average molecular weight is 423 g/mol. The van der Waals surface area contributed by atoms with Crippen LogP contribution in [0.15, 0.2) is 42.7 Å². The second-order valence-corrected chi connectivity index (χ2v) is 7.68. The lowest BCUT2D eigenvalue weighted by molar-refractivity contribution is -0.385. The number of nitrogens with one attached hydrogen (secondary N) is 2. The van der Waals surface area contributed by atoms with Gasteiger partial charge in [-0.2, -0.15) is 0 Å². The number of ether oxygens (including phenoxy) is 1. The van der Waals surface area contributed by atoms with Crippen molar-refractivity contribution < 1.29 is 14.5 Å². The van der Waals surface area contributed by atoms with Gasteiger partial charge >= 0.3 is 0 Å². The molecule has 0 aliphatic carbocycles. The summed E-state index contributed by atoms with van der Waals surface area (Å²) in [5.41, 5.74) is 2.13. The minimum atomic E-state index is -0.465. The molecule has 1 amide bonds. The van der Waals surface area contributed by atoms with Crippen molar-refractivity contribution in [3.63, 3.8) is 0 Å². The molecular formula is C22H25N5O4. The van der Waals surface area contributed by atoms with E-state index in [4.69, 9.17) is 4.74 Å². The number of piperidine rings is 1. The molecule has 1 aliphatic heterocycles. The first kappa shape index (κ1) is 20.6. The van der Waals surface area contributed by atoms with Gasteiger partial charge in [-0.3, -0.25) is 14.9 Å². The molecule has 31 heavy (non-hydrogen) atoms. The largest absolute Gasteiger partial charge is 0.497 e. The van der Waals surface area contributed by atoms with E-state index in [2.05, 4.69) is 15.3 Å². The Hall–Kier alpha value is -3.62. The van der Waals surface area contributed by atoms with Crippen molar-refractivity contribution in [2.45, 2.75) is 19.3 Å². The van der Waals surface area contributed by atoms with Crippen molar-refractivity contribution in [3.05, 3.63) is 58.4 Å². The molecule has 0 bridgehead atoms. The van der Waals surface area contributed by atoms with Crippen LogP contribution in [0, 0.1) is 16.0 Å². The number of aromatic amines is 1. The van der Waals surface area contributed by atoms with Crippen LogP contribution >= 0.6 is 0 Å². The number of aromatic nitrogens is 2. The Bertz CT molecular complexity index is 1080. The predicted octanol–water partition coefficient (Wildman–Crippen LogP) is 3.06. The fourth-order valence-corrected chi connectivity index (χ4v) is 4.04. The van der Waals surface area contributed by atoms with E-state index in [1.165, 1.54) is 12.3 Å². The molecule has 3 heterocycles. The molecule has 9 nitrogen and oxygen atoms in total. The van der Waals surface area contributed by atoms with Crippen LogP contribution in [-0.4, -0.2) is 47.5 Å². The van der Waals surface area contributed by atoms with Crippen LogP contribution in [0.25, 0.3) is 10.9 Å². The molecule has 0 saturated carbocycles. The Kier molecular flexibility index (Phi) is 6.01. The van der Waals surface area contributed by atoms with Crippen LogP contribution in [0.3, 0.4) is 0 Å². The number of nitro groups is 1. The lowest BCUT2D eigenvalue weighted by Crippen LogP contribution is -2.43. The van der Waals surface area contributed by atoms with Crippen molar-refractivity contribution in [3.8, 4) is 5.75 Å². The highest BCUT2D eigenvalue weighted by Gasteiger charge is 2.26. The third kappa shape index (κ3) is 4.60. The Morgan fingerprint density at radius 2 is 2.26 bits per heavy atom. The Morgan fingerprint density at radius 1 is 1.39 bits per heavy atom. The number of methoxy groups -OCH3 is 1. The Morgan fingerprint density at radius 3 is 3.00 bits per heavy atom. The van der Waals surface area contributed by atoms with E-state index in [-0.39, 0.29) is 17.5 Å². The van der Waals surface area contributed by atoms with Crippen molar-refractivity contribution in [2.24, 2.45) is 5.92 Å². The van der Waals surface area contributed by atoms with Gasteiger partial charge in [-0.15, -0.1) is 0 Å². The summed E-state index contributed by atoms with van der Waals surface area (Å²) in [4.78, 5) is 32.5. The maximum Gasteiger partial charge on any atom is 0.287 e. The molecule has 1 aliphatic rings. The fourth-order valence-electron chi connectivity index (χ4n) is 4.04. The SMILES string of the molecule is COc1ccc2c(CCNC(=O)C3CCCN(c4ccc([N+](=O)[O-])cn4)C3)c[nH]c2c1. The van der Waals surface area contributed by atoms with Crippen LogP contribution in [-0.2, 0) is 11.2 Å². The number of nitrogens with zero attached hydrogens (tertiary/aromatic N) is 3. The van der Waals surface area contributed by atoms with Crippen LogP contribution in [0.5, 0.6) is 5.75 Å². The van der Waals surface area contributed by atoms with Gasteiger partial charge in [0.1, 0.15) is 17.8 Å². The number of hydrogen-bond donors (Lipinski definition) is 2. The van der Waals surface area contributed by atoms with Gasteiger partial charge < -0.3 is 19.9 Å². The molecule has 1 atom stereocenters. The first-order valence-electron chi connectivity index (χ1n) is 10.3. The van der Waals surface area contributed by atoms with E-state index in [1.54, 1.807) is 13.2 Å². The number of anilines is 1. The third-order valence-corrected chi connectivity index (χ3v) is 5.73. The van der Waals surface area contributed by atoms with Gasteiger partial charge in [0, 0.05) is 48.9 Å². The van der Waals surface area contributed by atoms with Crippen molar-refractivity contribution in [1.82, 2.24) is 15.3 Å². The predicted molar refractivity (Wildman–Crippen MR) is 117 cm³/mol. The second kappa shape index (κ2) is 9.03. The second-order valence-electron chi connectivity index (χ2n) is 7.68. The summed E-state index contributed by atoms with van der Waals surface area (Å²) in [6, 6.07) is 9.01. The van der Waals surface area contributed by atoms with Gasteiger partial charge in [0.05, 0.1) is 18.0 Å². The smallest absolute Gasteiger partial charge is 0.287 e. The maximum absolute atomic E-state index is 12.7.